The SMILES string of the molecule is Cc1cc(C=Nc2sc3c(c2C(=O)NCc2ccco2)CC[C@@H](C(C)(C)C)C3)c(C)n1-c1sc2c(c1C#N)CCCC2. The second-order valence-corrected chi connectivity index (χ2v) is 14.8. The van der Waals surface area contributed by atoms with Crippen molar-refractivity contribution >= 4 is 39.8 Å². The lowest BCUT2D eigenvalue weighted by molar-refractivity contribution is 0.0947. The molecule has 0 aromatic carbocycles. The van der Waals surface area contributed by atoms with E-state index in [2.05, 4.69) is 56.6 Å². The van der Waals surface area contributed by atoms with Gasteiger partial charge < -0.3 is 14.3 Å². The van der Waals surface area contributed by atoms with Crippen molar-refractivity contribution in [1.82, 2.24) is 9.88 Å². The fourth-order valence-corrected chi connectivity index (χ4v) is 9.21. The largest absolute Gasteiger partial charge is 0.467 e. The quantitative estimate of drug-likeness (QED) is 0.226. The molecule has 0 saturated heterocycles. The van der Waals surface area contributed by atoms with Crippen molar-refractivity contribution in [3.05, 3.63) is 79.2 Å². The van der Waals surface area contributed by atoms with Crippen molar-refractivity contribution in [1.29, 1.82) is 5.26 Å². The molecule has 4 aromatic heterocycles. The molecule has 4 aromatic rings. The number of thiophene rings is 2. The Hall–Kier alpha value is -3.41. The number of nitrogens with zero attached hydrogens (tertiary/aromatic N) is 3. The number of amides is 1. The van der Waals surface area contributed by atoms with Gasteiger partial charge in [-0.1, -0.05) is 20.8 Å². The monoisotopic (exact) mass is 598 g/mol. The molecular formula is C34H38N4O2S2. The smallest absolute Gasteiger partial charge is 0.255 e. The fraction of sp³-hybridized carbons (Fsp3) is 0.441. The van der Waals surface area contributed by atoms with Gasteiger partial charge in [0.2, 0.25) is 0 Å². The van der Waals surface area contributed by atoms with E-state index in [0.717, 1.165) is 82.4 Å². The molecule has 0 unspecified atom stereocenters. The molecule has 1 atom stereocenters. The zero-order chi connectivity index (χ0) is 29.6. The van der Waals surface area contributed by atoms with E-state index >= 15 is 0 Å². The van der Waals surface area contributed by atoms with Gasteiger partial charge in [0.25, 0.3) is 5.91 Å². The summed E-state index contributed by atoms with van der Waals surface area (Å²) in [5.41, 5.74) is 7.29. The molecule has 0 saturated carbocycles. The van der Waals surface area contributed by atoms with Crippen molar-refractivity contribution in [2.24, 2.45) is 16.3 Å². The third-order valence-electron chi connectivity index (χ3n) is 8.96. The van der Waals surface area contributed by atoms with E-state index in [-0.39, 0.29) is 11.3 Å². The molecule has 2 aliphatic carbocycles. The molecule has 42 heavy (non-hydrogen) atoms. The summed E-state index contributed by atoms with van der Waals surface area (Å²) >= 11 is 3.42. The first-order chi connectivity index (χ1) is 20.2. The van der Waals surface area contributed by atoms with Crippen LogP contribution in [-0.2, 0) is 32.2 Å². The minimum absolute atomic E-state index is 0.0986. The second kappa shape index (κ2) is 11.3. The summed E-state index contributed by atoms with van der Waals surface area (Å²) in [6, 6.07) is 8.35. The van der Waals surface area contributed by atoms with Crippen LogP contribution in [0.4, 0.5) is 5.00 Å². The number of hydrogen-bond acceptors (Lipinski definition) is 6. The molecule has 0 aliphatic heterocycles. The van der Waals surface area contributed by atoms with Crippen LogP contribution in [0.1, 0.15) is 99.5 Å². The summed E-state index contributed by atoms with van der Waals surface area (Å²) in [4.78, 5) is 21.2. The van der Waals surface area contributed by atoms with Crippen LogP contribution in [0.25, 0.3) is 5.00 Å². The van der Waals surface area contributed by atoms with Gasteiger partial charge in [-0.2, -0.15) is 5.26 Å². The van der Waals surface area contributed by atoms with E-state index in [1.54, 1.807) is 28.9 Å². The highest BCUT2D eigenvalue weighted by molar-refractivity contribution is 7.16. The molecule has 0 radical (unpaired) electrons. The van der Waals surface area contributed by atoms with Crippen LogP contribution in [0, 0.1) is 36.5 Å². The molecule has 1 amide bonds. The van der Waals surface area contributed by atoms with Gasteiger partial charge in [-0.25, -0.2) is 4.99 Å². The van der Waals surface area contributed by atoms with E-state index in [4.69, 9.17) is 9.41 Å². The Labute approximate surface area is 256 Å². The molecule has 0 bridgehead atoms. The summed E-state index contributed by atoms with van der Waals surface area (Å²) in [5, 5.41) is 14.9. The fourth-order valence-electron chi connectivity index (χ4n) is 6.49. The first-order valence-electron chi connectivity index (χ1n) is 14.9. The van der Waals surface area contributed by atoms with E-state index in [1.165, 1.54) is 21.7 Å². The molecule has 0 spiro atoms. The van der Waals surface area contributed by atoms with Crippen LogP contribution in [-0.4, -0.2) is 16.7 Å². The van der Waals surface area contributed by atoms with E-state index in [1.807, 2.05) is 18.3 Å². The maximum absolute atomic E-state index is 13.6. The van der Waals surface area contributed by atoms with Gasteiger partial charge in [0.1, 0.15) is 21.8 Å². The Morgan fingerprint density at radius 3 is 2.74 bits per heavy atom. The van der Waals surface area contributed by atoms with Gasteiger partial charge >= 0.3 is 0 Å². The summed E-state index contributed by atoms with van der Waals surface area (Å²) in [6.45, 7) is 11.5. The van der Waals surface area contributed by atoms with E-state index < -0.39 is 0 Å². The lowest BCUT2D eigenvalue weighted by atomic mass is 9.72. The summed E-state index contributed by atoms with van der Waals surface area (Å²) in [7, 11) is 0. The summed E-state index contributed by atoms with van der Waals surface area (Å²) in [6.07, 6.45) is 10.9. The number of fused-ring (bicyclic) bond motifs is 2. The van der Waals surface area contributed by atoms with Gasteiger partial charge in [0.05, 0.1) is 23.9 Å². The van der Waals surface area contributed by atoms with E-state index in [0.29, 0.717) is 18.0 Å². The number of carbonyl (C=O) groups is 1. The van der Waals surface area contributed by atoms with Crippen LogP contribution in [0.2, 0.25) is 0 Å². The number of aryl methyl sites for hydroxylation is 2. The number of nitrogens with one attached hydrogen (secondary N) is 1. The van der Waals surface area contributed by atoms with Gasteiger partial charge in [-0.05, 0) is 99.5 Å². The molecule has 4 heterocycles. The lowest BCUT2D eigenvalue weighted by Crippen LogP contribution is -2.28. The zero-order valence-electron chi connectivity index (χ0n) is 25.1. The predicted molar refractivity (Wildman–Crippen MR) is 171 cm³/mol. The Morgan fingerprint density at radius 1 is 1.19 bits per heavy atom. The normalized spacial score (nSPS) is 16.8. The van der Waals surface area contributed by atoms with Crippen molar-refractivity contribution in [3.63, 3.8) is 0 Å². The summed E-state index contributed by atoms with van der Waals surface area (Å²) < 4.78 is 7.66. The molecular weight excluding hydrogens is 561 g/mol. The van der Waals surface area contributed by atoms with Crippen LogP contribution in [0.3, 0.4) is 0 Å². The maximum atomic E-state index is 13.6. The lowest BCUT2D eigenvalue weighted by Gasteiger charge is -2.33. The molecule has 0 fully saturated rings. The molecule has 218 valence electrons. The Bertz CT molecular complexity index is 1700. The number of nitriles is 1. The molecule has 2 aliphatic rings. The number of aliphatic imine (C=N–C) groups is 1. The van der Waals surface area contributed by atoms with Crippen molar-refractivity contribution in [2.75, 3.05) is 0 Å². The molecule has 8 heteroatoms. The van der Waals surface area contributed by atoms with Crippen molar-refractivity contribution < 1.29 is 9.21 Å². The zero-order valence-corrected chi connectivity index (χ0v) is 26.7. The Balaban J connectivity index is 1.35. The third kappa shape index (κ3) is 5.29. The van der Waals surface area contributed by atoms with Crippen molar-refractivity contribution in [3.8, 4) is 11.1 Å². The first kappa shape index (κ1) is 28.7. The average molecular weight is 599 g/mol. The highest BCUT2D eigenvalue weighted by Gasteiger charge is 2.34. The van der Waals surface area contributed by atoms with Gasteiger partial charge in [-0.3, -0.25) is 4.79 Å². The Kier molecular flexibility index (Phi) is 7.75. The highest BCUT2D eigenvalue weighted by atomic mass is 32.1. The predicted octanol–water partition coefficient (Wildman–Crippen LogP) is 8.39. The third-order valence-corrected chi connectivity index (χ3v) is 11.4. The topological polar surface area (TPSA) is 83.3 Å². The average Bonchev–Trinajstić information content (AvgIpc) is 3.74. The van der Waals surface area contributed by atoms with Gasteiger partial charge in [-0.15, -0.1) is 22.7 Å². The number of carbonyl (C=O) groups excluding carboxylic acids is 1. The molecule has 1 N–H and O–H groups in total. The van der Waals surface area contributed by atoms with Gasteiger partial charge in [0, 0.05) is 32.9 Å². The molecule has 6 nitrogen and oxygen atoms in total. The number of furan rings is 1. The summed E-state index contributed by atoms with van der Waals surface area (Å²) in [5.74, 6) is 1.20. The standard InChI is InChI=1S/C34H38N4O2S2/c1-20-15-22(21(2)38(20)33-27(17-35)25-10-6-7-11-28(25)42-33)18-37-32-30(31(39)36-19-24-9-8-14-40-24)26-13-12-23(34(3,4)5)16-29(26)41-32/h8-9,14-15,18,23H,6-7,10-13,16,19H2,1-5H3,(H,36,39)/t23-/m1/s1. The van der Waals surface area contributed by atoms with Crippen LogP contribution >= 0.6 is 22.7 Å². The number of aromatic nitrogens is 1. The van der Waals surface area contributed by atoms with E-state index in [9.17, 15) is 10.1 Å². The number of hydrogen-bond donors (Lipinski definition) is 1. The number of rotatable bonds is 6. The molecule has 6 rings (SSSR count). The first-order valence-corrected chi connectivity index (χ1v) is 16.5. The minimum Gasteiger partial charge on any atom is -0.467 e. The maximum Gasteiger partial charge on any atom is 0.255 e. The van der Waals surface area contributed by atoms with Crippen LogP contribution in [0.5, 0.6) is 0 Å². The minimum atomic E-state index is -0.0986. The Morgan fingerprint density at radius 2 is 2.00 bits per heavy atom. The van der Waals surface area contributed by atoms with Crippen molar-refractivity contribution in [2.45, 2.75) is 86.1 Å². The second-order valence-electron chi connectivity index (χ2n) is 12.7. The van der Waals surface area contributed by atoms with Crippen LogP contribution < -0.4 is 5.32 Å². The highest BCUT2D eigenvalue weighted by Crippen LogP contribution is 2.45. The van der Waals surface area contributed by atoms with Gasteiger partial charge in [0.15, 0.2) is 0 Å². The van der Waals surface area contributed by atoms with Crippen LogP contribution in [0.15, 0.2) is 33.9 Å².